The fourth-order valence-electron chi connectivity index (χ4n) is 3.50. The number of hydrogen-bond acceptors (Lipinski definition) is 4. The van der Waals surface area contributed by atoms with Gasteiger partial charge in [0, 0.05) is 5.54 Å². The maximum atomic E-state index is 12.3. The monoisotopic (exact) mass is 438 g/mol. The van der Waals surface area contributed by atoms with Crippen molar-refractivity contribution < 1.29 is 23.2 Å². The molecule has 3 unspecified atom stereocenters. The Balaban J connectivity index is 0. The lowest BCUT2D eigenvalue weighted by atomic mass is 9.79. The van der Waals surface area contributed by atoms with E-state index in [4.69, 9.17) is 5.73 Å². The van der Waals surface area contributed by atoms with Crippen LogP contribution >= 0.6 is 0 Å². The summed E-state index contributed by atoms with van der Waals surface area (Å²) in [6.07, 6.45) is 11.0. The molecule has 0 spiro atoms. The van der Waals surface area contributed by atoms with Crippen LogP contribution in [0.15, 0.2) is 0 Å². The summed E-state index contributed by atoms with van der Waals surface area (Å²) in [6.45, 7) is 9.58. The third-order valence-corrected chi connectivity index (χ3v) is 7.08. The molecular formula is C21H46N2O5S. The van der Waals surface area contributed by atoms with E-state index in [1.165, 1.54) is 39.0 Å². The predicted octanol–water partition coefficient (Wildman–Crippen LogP) is 3.61. The third kappa shape index (κ3) is 13.3. The van der Waals surface area contributed by atoms with Gasteiger partial charge in [0.1, 0.15) is 0 Å². The molecule has 0 fully saturated rings. The minimum Gasteiger partial charge on any atom is -0.412 e. The number of carbonyl (C=O) groups is 1. The molecule has 0 heterocycles. The molecular weight excluding hydrogens is 392 g/mol. The maximum absolute atomic E-state index is 12.3. The second kappa shape index (κ2) is 15.2. The molecule has 0 aromatic carbocycles. The highest BCUT2D eigenvalue weighted by Gasteiger charge is 2.32. The van der Waals surface area contributed by atoms with Crippen LogP contribution in [-0.4, -0.2) is 41.2 Å². The highest BCUT2D eigenvalue weighted by Crippen LogP contribution is 2.29. The summed E-state index contributed by atoms with van der Waals surface area (Å²) in [5.41, 5.74) is 5.38. The SMILES string of the molecule is CCCCCCCCCC(CCC(C)S(=O)(=O)O)C(C)(C)NC(=O)C(N)CC.O. The molecule has 7 nitrogen and oxygen atoms in total. The lowest BCUT2D eigenvalue weighted by Crippen LogP contribution is -2.54. The largest absolute Gasteiger partial charge is 0.412 e. The second-order valence-electron chi connectivity index (χ2n) is 8.74. The summed E-state index contributed by atoms with van der Waals surface area (Å²) < 4.78 is 32.0. The van der Waals surface area contributed by atoms with Crippen LogP contribution in [0.5, 0.6) is 0 Å². The van der Waals surface area contributed by atoms with Gasteiger partial charge in [-0.2, -0.15) is 8.42 Å². The molecule has 0 aromatic heterocycles. The molecule has 0 radical (unpaired) electrons. The van der Waals surface area contributed by atoms with Gasteiger partial charge in [-0.05, 0) is 52.4 Å². The molecule has 0 rings (SSSR count). The first kappa shape index (κ1) is 30.5. The zero-order chi connectivity index (χ0) is 21.8. The number of carbonyl (C=O) groups excluding carboxylic acids is 1. The summed E-state index contributed by atoms with van der Waals surface area (Å²) in [5, 5.41) is 2.26. The first-order valence-electron chi connectivity index (χ1n) is 11.0. The molecule has 0 bridgehead atoms. The van der Waals surface area contributed by atoms with Crippen LogP contribution < -0.4 is 11.1 Å². The summed E-state index contributed by atoms with van der Waals surface area (Å²) in [5.74, 6) is -0.0414. The van der Waals surface area contributed by atoms with Gasteiger partial charge in [0.05, 0.1) is 11.3 Å². The zero-order valence-corrected chi connectivity index (χ0v) is 20.0. The van der Waals surface area contributed by atoms with Crippen LogP contribution in [0, 0.1) is 5.92 Å². The average molecular weight is 439 g/mol. The summed E-state index contributed by atoms with van der Waals surface area (Å²) in [4.78, 5) is 12.3. The Morgan fingerprint density at radius 3 is 2.00 bits per heavy atom. The minimum atomic E-state index is -4.03. The number of amides is 1. The van der Waals surface area contributed by atoms with Crippen molar-refractivity contribution in [1.82, 2.24) is 5.32 Å². The molecule has 0 aliphatic rings. The molecule has 0 aliphatic carbocycles. The number of nitrogens with one attached hydrogen (secondary N) is 1. The molecule has 0 saturated heterocycles. The zero-order valence-electron chi connectivity index (χ0n) is 19.2. The summed E-state index contributed by atoms with van der Waals surface area (Å²) in [6, 6.07) is -0.532. The Kier molecular flexibility index (Phi) is 15.9. The van der Waals surface area contributed by atoms with Crippen molar-refractivity contribution in [3.63, 3.8) is 0 Å². The van der Waals surface area contributed by atoms with E-state index in [0.29, 0.717) is 19.3 Å². The van der Waals surface area contributed by atoms with E-state index in [0.717, 1.165) is 19.3 Å². The molecule has 0 aromatic rings. The average Bonchev–Trinajstić information content (AvgIpc) is 2.60. The van der Waals surface area contributed by atoms with Gasteiger partial charge in [0.15, 0.2) is 0 Å². The molecule has 8 heteroatoms. The summed E-state index contributed by atoms with van der Waals surface area (Å²) in [7, 11) is -4.03. The van der Waals surface area contributed by atoms with Crippen molar-refractivity contribution >= 4 is 16.0 Å². The van der Waals surface area contributed by atoms with Crippen molar-refractivity contribution in [1.29, 1.82) is 0 Å². The highest BCUT2D eigenvalue weighted by atomic mass is 32.2. The van der Waals surface area contributed by atoms with E-state index in [1.807, 2.05) is 20.8 Å². The topological polar surface area (TPSA) is 141 Å². The number of nitrogens with two attached hydrogens (primary N) is 1. The Morgan fingerprint density at radius 1 is 1.00 bits per heavy atom. The Morgan fingerprint density at radius 2 is 1.52 bits per heavy atom. The standard InChI is InChI=1S/C21H44N2O4S.H2O/c1-6-8-9-10-11-12-13-14-18(16-15-17(3)28(25,26)27)21(4,5)23-20(24)19(22)7-2;/h17-19H,6-16,22H2,1-5H3,(H,23,24)(H,25,26,27);1H2. The first-order chi connectivity index (χ1) is 13.0. The Bertz CT molecular complexity index is 537. The fraction of sp³-hybridized carbons (Fsp3) is 0.952. The van der Waals surface area contributed by atoms with Gasteiger partial charge >= 0.3 is 0 Å². The van der Waals surface area contributed by atoms with Gasteiger partial charge < -0.3 is 16.5 Å². The van der Waals surface area contributed by atoms with E-state index in [2.05, 4.69) is 12.2 Å². The quantitative estimate of drug-likeness (QED) is 0.249. The Hall–Kier alpha value is -0.700. The molecule has 6 N–H and O–H groups in total. The van der Waals surface area contributed by atoms with E-state index in [-0.39, 0.29) is 17.3 Å². The lowest BCUT2D eigenvalue weighted by molar-refractivity contribution is -0.124. The van der Waals surface area contributed by atoms with Gasteiger partial charge in [0.2, 0.25) is 5.91 Å². The van der Waals surface area contributed by atoms with Crippen LogP contribution in [0.25, 0.3) is 0 Å². The molecule has 3 atom stereocenters. The van der Waals surface area contributed by atoms with Crippen LogP contribution in [0.2, 0.25) is 0 Å². The summed E-state index contributed by atoms with van der Waals surface area (Å²) >= 11 is 0. The molecule has 29 heavy (non-hydrogen) atoms. The van der Waals surface area contributed by atoms with Gasteiger partial charge in [-0.1, -0.05) is 58.8 Å². The van der Waals surface area contributed by atoms with Crippen LogP contribution in [-0.2, 0) is 14.9 Å². The second-order valence-corrected chi connectivity index (χ2v) is 10.6. The van der Waals surface area contributed by atoms with E-state index < -0.39 is 26.9 Å². The number of unbranched alkanes of at least 4 members (excludes halogenated alkanes) is 6. The maximum Gasteiger partial charge on any atom is 0.267 e. The molecule has 0 aliphatic heterocycles. The Labute approximate surface area is 178 Å². The van der Waals surface area contributed by atoms with Crippen molar-refractivity contribution in [3.8, 4) is 0 Å². The number of hydrogen-bond donors (Lipinski definition) is 3. The number of rotatable bonds is 16. The van der Waals surface area contributed by atoms with Gasteiger partial charge in [-0.25, -0.2) is 0 Å². The fourth-order valence-corrected chi connectivity index (χ4v) is 3.93. The minimum absolute atomic E-state index is 0. The van der Waals surface area contributed by atoms with E-state index >= 15 is 0 Å². The van der Waals surface area contributed by atoms with Crippen molar-refractivity contribution in [2.75, 3.05) is 0 Å². The predicted molar refractivity (Wildman–Crippen MR) is 120 cm³/mol. The van der Waals surface area contributed by atoms with Crippen LogP contribution in [0.3, 0.4) is 0 Å². The lowest BCUT2D eigenvalue weighted by Gasteiger charge is -2.37. The molecule has 0 saturated carbocycles. The normalized spacial score (nSPS) is 15.3. The molecule has 1 amide bonds. The first-order valence-corrected chi connectivity index (χ1v) is 12.5. The van der Waals surface area contributed by atoms with Crippen molar-refractivity contribution in [2.24, 2.45) is 11.7 Å². The van der Waals surface area contributed by atoms with Crippen molar-refractivity contribution in [3.05, 3.63) is 0 Å². The van der Waals surface area contributed by atoms with Gasteiger partial charge in [-0.15, -0.1) is 0 Å². The van der Waals surface area contributed by atoms with Gasteiger partial charge in [0.25, 0.3) is 10.1 Å². The van der Waals surface area contributed by atoms with E-state index in [9.17, 15) is 17.8 Å². The van der Waals surface area contributed by atoms with E-state index in [1.54, 1.807) is 0 Å². The van der Waals surface area contributed by atoms with Gasteiger partial charge in [-0.3, -0.25) is 9.35 Å². The van der Waals surface area contributed by atoms with Crippen LogP contribution in [0.1, 0.15) is 105 Å². The van der Waals surface area contributed by atoms with Crippen molar-refractivity contribution in [2.45, 2.75) is 122 Å². The smallest absolute Gasteiger partial charge is 0.267 e. The third-order valence-electron chi connectivity index (χ3n) is 5.83. The van der Waals surface area contributed by atoms with Crippen LogP contribution in [0.4, 0.5) is 0 Å². The highest BCUT2D eigenvalue weighted by molar-refractivity contribution is 7.86. The molecule has 176 valence electrons.